The fourth-order valence-electron chi connectivity index (χ4n) is 2.59. The van der Waals surface area contributed by atoms with Crippen LogP contribution < -0.4 is 10.1 Å². The monoisotopic (exact) mass is 342 g/mol. The molecule has 0 saturated heterocycles. The van der Waals surface area contributed by atoms with Crippen LogP contribution in [0.3, 0.4) is 0 Å². The highest BCUT2D eigenvalue weighted by Crippen LogP contribution is 2.18. The molecule has 0 aliphatic carbocycles. The van der Waals surface area contributed by atoms with Crippen molar-refractivity contribution in [2.75, 3.05) is 13.7 Å². The molecule has 7 heteroatoms. The molecule has 130 valence electrons. The van der Waals surface area contributed by atoms with Gasteiger partial charge in [0.05, 0.1) is 7.11 Å². The van der Waals surface area contributed by atoms with Gasteiger partial charge in [-0.25, -0.2) is 4.39 Å². The molecule has 0 bridgehead atoms. The third-order valence-electron chi connectivity index (χ3n) is 3.91. The van der Waals surface area contributed by atoms with Crippen molar-refractivity contribution in [2.45, 2.75) is 19.3 Å². The molecule has 0 aliphatic rings. The van der Waals surface area contributed by atoms with Gasteiger partial charge in [0.25, 0.3) is 0 Å². The van der Waals surface area contributed by atoms with E-state index in [1.54, 1.807) is 12.1 Å². The molecule has 6 nitrogen and oxygen atoms in total. The van der Waals surface area contributed by atoms with Crippen LogP contribution in [0.15, 0.2) is 42.6 Å². The third kappa shape index (κ3) is 4.12. The zero-order valence-electron chi connectivity index (χ0n) is 13.9. The zero-order chi connectivity index (χ0) is 17.6. The van der Waals surface area contributed by atoms with E-state index in [9.17, 15) is 9.18 Å². The lowest BCUT2D eigenvalue weighted by Crippen LogP contribution is -2.26. The van der Waals surface area contributed by atoms with Gasteiger partial charge in [0.2, 0.25) is 5.91 Å². The number of aromatic nitrogens is 3. The van der Waals surface area contributed by atoms with E-state index in [1.807, 2.05) is 28.8 Å². The van der Waals surface area contributed by atoms with Crippen LogP contribution in [-0.2, 0) is 17.6 Å². The molecule has 0 spiro atoms. The molecule has 25 heavy (non-hydrogen) atoms. The standard InChI is InChI=1S/C18H19FN4O2/c1-25-15-7-5-13(12-14(15)19)6-8-18(24)20-10-9-17-22-21-16-4-2-3-11-23(16)17/h2-5,7,11-12H,6,8-10H2,1H3,(H,20,24). The van der Waals surface area contributed by atoms with Gasteiger partial charge in [0, 0.05) is 25.6 Å². The smallest absolute Gasteiger partial charge is 0.220 e. The Bertz CT molecular complexity index is 878. The minimum Gasteiger partial charge on any atom is -0.494 e. The Morgan fingerprint density at radius 2 is 2.12 bits per heavy atom. The predicted molar refractivity (Wildman–Crippen MR) is 91.0 cm³/mol. The minimum absolute atomic E-state index is 0.0787. The van der Waals surface area contributed by atoms with Gasteiger partial charge in [-0.2, -0.15) is 0 Å². The summed E-state index contributed by atoms with van der Waals surface area (Å²) >= 11 is 0. The van der Waals surface area contributed by atoms with Gasteiger partial charge in [-0.05, 0) is 36.2 Å². The van der Waals surface area contributed by atoms with Gasteiger partial charge in [-0.3, -0.25) is 9.20 Å². The molecule has 3 aromatic rings. The van der Waals surface area contributed by atoms with Crippen LogP contribution in [0.4, 0.5) is 4.39 Å². The number of rotatable bonds is 7. The third-order valence-corrected chi connectivity index (χ3v) is 3.91. The first-order valence-electron chi connectivity index (χ1n) is 8.05. The fourth-order valence-corrected chi connectivity index (χ4v) is 2.59. The van der Waals surface area contributed by atoms with Gasteiger partial charge in [-0.1, -0.05) is 12.1 Å². The van der Waals surface area contributed by atoms with Crippen molar-refractivity contribution < 1.29 is 13.9 Å². The fraction of sp³-hybridized carbons (Fsp3) is 0.278. The second-order valence-electron chi connectivity index (χ2n) is 5.61. The Kier molecular flexibility index (Phi) is 5.23. The summed E-state index contributed by atoms with van der Waals surface area (Å²) in [6, 6.07) is 10.4. The van der Waals surface area contributed by atoms with Crippen molar-refractivity contribution in [3.63, 3.8) is 0 Å². The van der Waals surface area contributed by atoms with Gasteiger partial charge in [0.1, 0.15) is 5.82 Å². The second kappa shape index (κ2) is 7.74. The molecule has 1 amide bonds. The Balaban J connectivity index is 1.46. The Hall–Kier alpha value is -2.96. The number of benzene rings is 1. The molecule has 2 aromatic heterocycles. The largest absolute Gasteiger partial charge is 0.494 e. The van der Waals surface area contributed by atoms with Gasteiger partial charge in [0.15, 0.2) is 17.2 Å². The van der Waals surface area contributed by atoms with Crippen LogP contribution in [-0.4, -0.2) is 34.2 Å². The summed E-state index contributed by atoms with van der Waals surface area (Å²) in [6.07, 6.45) is 3.26. The maximum Gasteiger partial charge on any atom is 0.220 e. The molecular formula is C18H19FN4O2. The first-order chi connectivity index (χ1) is 12.2. The molecule has 1 N–H and O–H groups in total. The minimum atomic E-state index is -0.418. The summed E-state index contributed by atoms with van der Waals surface area (Å²) < 4.78 is 20.4. The van der Waals surface area contributed by atoms with E-state index < -0.39 is 5.82 Å². The van der Waals surface area contributed by atoms with Gasteiger partial charge in [-0.15, -0.1) is 10.2 Å². The van der Waals surface area contributed by atoms with Crippen LogP contribution in [0.25, 0.3) is 5.65 Å². The Labute approximate surface area is 144 Å². The average Bonchev–Trinajstić information content (AvgIpc) is 3.03. The van der Waals surface area contributed by atoms with Crippen molar-refractivity contribution in [1.29, 1.82) is 0 Å². The molecular weight excluding hydrogens is 323 g/mol. The number of carbonyl (C=O) groups excluding carboxylic acids is 1. The van der Waals surface area contributed by atoms with E-state index in [0.717, 1.165) is 17.0 Å². The normalized spacial score (nSPS) is 10.8. The lowest BCUT2D eigenvalue weighted by Gasteiger charge is -2.06. The van der Waals surface area contributed by atoms with Crippen LogP contribution in [0.1, 0.15) is 17.8 Å². The van der Waals surface area contributed by atoms with Crippen molar-refractivity contribution in [1.82, 2.24) is 19.9 Å². The summed E-state index contributed by atoms with van der Waals surface area (Å²) in [6.45, 7) is 0.478. The zero-order valence-corrected chi connectivity index (χ0v) is 13.9. The molecule has 0 radical (unpaired) electrons. The maximum absolute atomic E-state index is 13.6. The average molecular weight is 342 g/mol. The van der Waals surface area contributed by atoms with E-state index in [0.29, 0.717) is 25.8 Å². The highest BCUT2D eigenvalue weighted by molar-refractivity contribution is 5.76. The van der Waals surface area contributed by atoms with Crippen LogP contribution >= 0.6 is 0 Å². The molecule has 1 aromatic carbocycles. The number of hydrogen-bond donors (Lipinski definition) is 1. The first kappa shape index (κ1) is 16.9. The van der Waals surface area contributed by atoms with Crippen molar-refractivity contribution in [3.8, 4) is 5.75 Å². The summed E-state index contributed by atoms with van der Waals surface area (Å²) in [5, 5.41) is 11.0. The summed E-state index contributed by atoms with van der Waals surface area (Å²) in [4.78, 5) is 11.9. The Morgan fingerprint density at radius 1 is 1.24 bits per heavy atom. The number of nitrogens with one attached hydrogen (secondary N) is 1. The second-order valence-corrected chi connectivity index (χ2v) is 5.61. The van der Waals surface area contributed by atoms with E-state index in [2.05, 4.69) is 15.5 Å². The highest BCUT2D eigenvalue weighted by Gasteiger charge is 2.08. The maximum atomic E-state index is 13.6. The number of carbonyl (C=O) groups is 1. The number of ether oxygens (including phenoxy) is 1. The predicted octanol–water partition coefficient (Wildman–Crippen LogP) is 2.17. The molecule has 0 saturated carbocycles. The molecule has 3 rings (SSSR count). The number of hydrogen-bond acceptors (Lipinski definition) is 4. The number of amides is 1. The first-order valence-corrected chi connectivity index (χ1v) is 8.05. The van der Waals surface area contributed by atoms with Crippen molar-refractivity contribution in [2.24, 2.45) is 0 Å². The molecule has 0 atom stereocenters. The number of methoxy groups -OCH3 is 1. The highest BCUT2D eigenvalue weighted by atomic mass is 19.1. The van der Waals surface area contributed by atoms with E-state index in [-0.39, 0.29) is 11.7 Å². The van der Waals surface area contributed by atoms with Crippen molar-refractivity contribution >= 4 is 11.6 Å². The summed E-state index contributed by atoms with van der Waals surface area (Å²) in [7, 11) is 1.42. The molecule has 0 fully saturated rings. The SMILES string of the molecule is COc1ccc(CCC(=O)NCCc2nnc3ccccn23)cc1F. The van der Waals surface area contributed by atoms with Gasteiger partial charge >= 0.3 is 0 Å². The number of halogens is 1. The summed E-state index contributed by atoms with van der Waals surface area (Å²) in [5.74, 6) is 0.506. The van der Waals surface area contributed by atoms with E-state index in [1.165, 1.54) is 13.2 Å². The van der Waals surface area contributed by atoms with Crippen LogP contribution in [0.2, 0.25) is 0 Å². The molecule has 2 heterocycles. The van der Waals surface area contributed by atoms with Crippen LogP contribution in [0.5, 0.6) is 5.75 Å². The molecule has 0 aliphatic heterocycles. The Morgan fingerprint density at radius 3 is 2.92 bits per heavy atom. The topological polar surface area (TPSA) is 68.5 Å². The van der Waals surface area contributed by atoms with Crippen LogP contribution in [0, 0.1) is 5.82 Å². The quantitative estimate of drug-likeness (QED) is 0.714. The number of pyridine rings is 1. The number of fused-ring (bicyclic) bond motifs is 1. The number of nitrogens with zero attached hydrogens (tertiary/aromatic N) is 3. The lowest BCUT2D eigenvalue weighted by atomic mass is 10.1. The van der Waals surface area contributed by atoms with E-state index >= 15 is 0 Å². The molecule has 0 unspecified atom stereocenters. The number of aryl methyl sites for hydroxylation is 1. The van der Waals surface area contributed by atoms with E-state index in [4.69, 9.17) is 4.74 Å². The summed E-state index contributed by atoms with van der Waals surface area (Å²) in [5.41, 5.74) is 1.54. The van der Waals surface area contributed by atoms with Crippen molar-refractivity contribution in [3.05, 3.63) is 59.8 Å². The van der Waals surface area contributed by atoms with Gasteiger partial charge < -0.3 is 10.1 Å². The lowest BCUT2D eigenvalue weighted by molar-refractivity contribution is -0.121.